The van der Waals surface area contributed by atoms with Gasteiger partial charge in [-0.15, -0.1) is 0 Å². The van der Waals surface area contributed by atoms with Crippen LogP contribution in [0.5, 0.6) is 0 Å². The van der Waals surface area contributed by atoms with Gasteiger partial charge in [-0.3, -0.25) is 0 Å². The van der Waals surface area contributed by atoms with Crippen LogP contribution in [0, 0.1) is 0 Å². The number of unbranched alkanes of at least 4 members (excludes halogenated alkanes) is 2. The summed E-state index contributed by atoms with van der Waals surface area (Å²) in [5, 5.41) is 0. The molecule has 0 amide bonds. The smallest absolute Gasteiger partial charge is 0.330 e. The first-order valence-corrected chi connectivity index (χ1v) is 5.10. The van der Waals surface area contributed by atoms with E-state index in [0.717, 1.165) is 31.3 Å². The lowest BCUT2D eigenvalue weighted by Gasteiger charge is -2.16. The summed E-state index contributed by atoms with van der Waals surface area (Å²) in [6.07, 6.45) is 5.30. The molecule has 2 heteroatoms. The largest absolute Gasteiger partial charge is 0.455 e. The predicted octanol–water partition coefficient (Wildman–Crippen LogP) is 3.24. The van der Waals surface area contributed by atoms with Crippen LogP contribution in [-0.2, 0) is 9.53 Å². The molecule has 0 rings (SSSR count). The predicted molar refractivity (Wildman–Crippen MR) is 59.0 cm³/mol. The maximum atomic E-state index is 11.0. The van der Waals surface area contributed by atoms with Gasteiger partial charge in [-0.2, -0.15) is 0 Å². The van der Waals surface area contributed by atoms with Gasteiger partial charge in [0.25, 0.3) is 0 Å². The summed E-state index contributed by atoms with van der Waals surface area (Å²) in [5.41, 5.74) is 0.899. The molecule has 1 atom stereocenters. The van der Waals surface area contributed by atoms with E-state index < -0.39 is 0 Å². The lowest BCUT2D eigenvalue weighted by atomic mass is 10.1. The van der Waals surface area contributed by atoms with Gasteiger partial charge in [0, 0.05) is 6.08 Å². The highest BCUT2D eigenvalue weighted by atomic mass is 16.5. The van der Waals surface area contributed by atoms with Crippen molar-refractivity contribution < 1.29 is 9.53 Å². The first kappa shape index (κ1) is 12.9. The Balaban J connectivity index is 3.96. The summed E-state index contributed by atoms with van der Waals surface area (Å²) < 4.78 is 5.15. The highest BCUT2D eigenvalue weighted by Gasteiger charge is 2.12. The first-order chi connectivity index (χ1) is 6.61. The summed E-state index contributed by atoms with van der Waals surface area (Å²) >= 11 is 0. The molecule has 0 aliphatic carbocycles. The number of rotatable bonds is 7. The average Bonchev–Trinajstić information content (AvgIpc) is 2.16. The molecular formula is C12H20O2. The Morgan fingerprint density at radius 3 is 2.57 bits per heavy atom. The van der Waals surface area contributed by atoms with Gasteiger partial charge in [-0.25, -0.2) is 4.79 Å². The topological polar surface area (TPSA) is 26.3 Å². The first-order valence-electron chi connectivity index (χ1n) is 5.10. The molecule has 0 saturated carbocycles. The highest BCUT2D eigenvalue weighted by molar-refractivity contribution is 5.81. The van der Waals surface area contributed by atoms with Gasteiger partial charge in [0.05, 0.1) is 0 Å². The minimum Gasteiger partial charge on any atom is -0.455 e. The Bertz CT molecular complexity index is 206. The molecule has 1 unspecified atom stereocenters. The highest BCUT2D eigenvalue weighted by Crippen LogP contribution is 2.13. The van der Waals surface area contributed by atoms with Gasteiger partial charge >= 0.3 is 5.97 Å². The summed E-state index contributed by atoms with van der Waals surface area (Å²) in [4.78, 5) is 11.0. The quantitative estimate of drug-likeness (QED) is 0.270. The third kappa shape index (κ3) is 5.57. The zero-order valence-electron chi connectivity index (χ0n) is 9.21. The van der Waals surface area contributed by atoms with E-state index in [-0.39, 0.29) is 12.1 Å². The van der Waals surface area contributed by atoms with Gasteiger partial charge in [-0.1, -0.05) is 32.9 Å². The fraction of sp³-hybridized carbons (Fsp3) is 0.583. The van der Waals surface area contributed by atoms with Gasteiger partial charge < -0.3 is 4.74 Å². The van der Waals surface area contributed by atoms with Crippen molar-refractivity contribution in [3.63, 3.8) is 0 Å². The van der Waals surface area contributed by atoms with E-state index in [4.69, 9.17) is 4.74 Å². The van der Waals surface area contributed by atoms with Crippen molar-refractivity contribution in [1.29, 1.82) is 0 Å². The second-order valence-electron chi connectivity index (χ2n) is 3.47. The molecule has 0 aliphatic heterocycles. The third-order valence-electron chi connectivity index (χ3n) is 2.04. The normalized spacial score (nSPS) is 11.9. The second-order valence-corrected chi connectivity index (χ2v) is 3.47. The van der Waals surface area contributed by atoms with E-state index in [1.807, 2.05) is 6.92 Å². The fourth-order valence-corrected chi connectivity index (χ4v) is 1.17. The molecule has 0 aromatic rings. The third-order valence-corrected chi connectivity index (χ3v) is 2.04. The van der Waals surface area contributed by atoms with E-state index in [1.165, 1.54) is 6.08 Å². The summed E-state index contributed by atoms with van der Waals surface area (Å²) in [5.74, 6) is -0.366. The summed E-state index contributed by atoms with van der Waals surface area (Å²) in [6.45, 7) is 11.2. The van der Waals surface area contributed by atoms with Crippen molar-refractivity contribution in [2.45, 2.75) is 45.6 Å². The van der Waals surface area contributed by atoms with Crippen LogP contribution >= 0.6 is 0 Å². The molecule has 0 saturated heterocycles. The molecule has 0 spiro atoms. The molecule has 0 aromatic heterocycles. The van der Waals surface area contributed by atoms with Crippen LogP contribution in [-0.4, -0.2) is 12.1 Å². The van der Waals surface area contributed by atoms with E-state index >= 15 is 0 Å². The second kappa shape index (κ2) is 7.36. The fourth-order valence-electron chi connectivity index (χ4n) is 1.17. The zero-order valence-corrected chi connectivity index (χ0v) is 9.21. The van der Waals surface area contributed by atoms with E-state index in [9.17, 15) is 4.79 Å². The van der Waals surface area contributed by atoms with Gasteiger partial charge in [-0.05, 0) is 25.3 Å². The van der Waals surface area contributed by atoms with Crippen LogP contribution in [0.1, 0.15) is 39.5 Å². The zero-order chi connectivity index (χ0) is 11.0. The van der Waals surface area contributed by atoms with Crippen LogP contribution in [0.25, 0.3) is 0 Å². The van der Waals surface area contributed by atoms with Crippen molar-refractivity contribution in [2.75, 3.05) is 0 Å². The Labute approximate surface area is 86.6 Å². The monoisotopic (exact) mass is 196 g/mol. The molecule has 0 radical (unpaired) electrons. The lowest BCUT2D eigenvalue weighted by molar-refractivity contribution is -0.141. The SMILES string of the molecule is C=CC(=O)OC(CCCCC)C(=C)C. The standard InChI is InChI=1S/C12H20O2/c1-5-7-8-9-11(10(3)4)14-12(13)6-2/h6,11H,2-3,5,7-9H2,1,4H3. The Kier molecular flexibility index (Phi) is 6.81. The number of esters is 1. The average molecular weight is 196 g/mol. The molecule has 0 bridgehead atoms. The number of carbonyl (C=O) groups excluding carboxylic acids is 1. The molecule has 0 aliphatic rings. The van der Waals surface area contributed by atoms with Crippen molar-refractivity contribution in [3.8, 4) is 0 Å². The van der Waals surface area contributed by atoms with Crippen LogP contribution < -0.4 is 0 Å². The molecule has 14 heavy (non-hydrogen) atoms. The van der Waals surface area contributed by atoms with Gasteiger partial charge in [0.1, 0.15) is 6.10 Å². The Hall–Kier alpha value is -1.05. The number of hydrogen-bond acceptors (Lipinski definition) is 2. The summed E-state index contributed by atoms with van der Waals surface area (Å²) in [6, 6.07) is 0. The maximum absolute atomic E-state index is 11.0. The molecule has 80 valence electrons. The van der Waals surface area contributed by atoms with Crippen LogP contribution in [0.15, 0.2) is 24.8 Å². The van der Waals surface area contributed by atoms with E-state index in [0.29, 0.717) is 0 Å². The van der Waals surface area contributed by atoms with Crippen LogP contribution in [0.2, 0.25) is 0 Å². The van der Waals surface area contributed by atoms with Gasteiger partial charge in [0.2, 0.25) is 0 Å². The van der Waals surface area contributed by atoms with Gasteiger partial charge in [0.15, 0.2) is 0 Å². The lowest BCUT2D eigenvalue weighted by Crippen LogP contribution is -2.17. The van der Waals surface area contributed by atoms with Crippen molar-refractivity contribution in [3.05, 3.63) is 24.8 Å². The van der Waals surface area contributed by atoms with E-state index in [1.54, 1.807) is 0 Å². The maximum Gasteiger partial charge on any atom is 0.330 e. The molecule has 0 fully saturated rings. The van der Waals surface area contributed by atoms with E-state index in [2.05, 4.69) is 20.1 Å². The Morgan fingerprint density at radius 1 is 1.50 bits per heavy atom. The van der Waals surface area contributed by atoms with Crippen molar-refractivity contribution >= 4 is 5.97 Å². The van der Waals surface area contributed by atoms with Crippen molar-refractivity contribution in [1.82, 2.24) is 0 Å². The van der Waals surface area contributed by atoms with Crippen LogP contribution in [0.3, 0.4) is 0 Å². The minimum atomic E-state index is -0.366. The minimum absolute atomic E-state index is 0.146. The molecular weight excluding hydrogens is 176 g/mol. The summed E-state index contributed by atoms with van der Waals surface area (Å²) in [7, 11) is 0. The molecule has 0 heterocycles. The van der Waals surface area contributed by atoms with Crippen LogP contribution in [0.4, 0.5) is 0 Å². The Morgan fingerprint density at radius 2 is 2.14 bits per heavy atom. The molecule has 2 nitrogen and oxygen atoms in total. The number of hydrogen-bond donors (Lipinski definition) is 0. The number of ether oxygens (including phenoxy) is 1. The molecule has 0 N–H and O–H groups in total. The van der Waals surface area contributed by atoms with Crippen molar-refractivity contribution in [2.24, 2.45) is 0 Å². The molecule has 0 aromatic carbocycles. The number of carbonyl (C=O) groups is 1.